The zero-order valence-corrected chi connectivity index (χ0v) is 10.2. The van der Waals surface area contributed by atoms with E-state index < -0.39 is 10.2 Å². The van der Waals surface area contributed by atoms with Crippen molar-refractivity contribution in [3.63, 3.8) is 0 Å². The smallest absolute Gasteiger partial charge is 0.282 e. The zero-order chi connectivity index (χ0) is 11.3. The van der Waals surface area contributed by atoms with Gasteiger partial charge in [-0.15, -0.1) is 0 Å². The molecule has 0 atom stereocenters. The van der Waals surface area contributed by atoms with Crippen molar-refractivity contribution in [2.75, 3.05) is 53.4 Å². The van der Waals surface area contributed by atoms with Gasteiger partial charge in [-0.3, -0.25) is 0 Å². The molecule has 1 saturated heterocycles. The first-order valence-electron chi connectivity index (χ1n) is 5.17. The monoisotopic (exact) mass is 236 g/mol. The normalized spacial score (nSPS) is 22.3. The molecule has 1 aliphatic heterocycles. The molecule has 1 heterocycles. The summed E-state index contributed by atoms with van der Waals surface area (Å²) in [6.45, 7) is 3.70. The van der Waals surface area contributed by atoms with Crippen molar-refractivity contribution in [3.05, 3.63) is 0 Å². The second-order valence-corrected chi connectivity index (χ2v) is 5.44. The van der Waals surface area contributed by atoms with Crippen LogP contribution in [0, 0.1) is 0 Å². The van der Waals surface area contributed by atoms with Crippen molar-refractivity contribution < 1.29 is 8.42 Å². The van der Waals surface area contributed by atoms with Crippen LogP contribution in [0.2, 0.25) is 0 Å². The summed E-state index contributed by atoms with van der Waals surface area (Å²) < 4.78 is 26.9. The second kappa shape index (κ2) is 5.76. The lowest BCUT2D eigenvalue weighted by molar-refractivity contribution is 0.439. The van der Waals surface area contributed by atoms with Crippen LogP contribution in [-0.2, 0) is 10.2 Å². The summed E-state index contributed by atoms with van der Waals surface area (Å²) in [5.41, 5.74) is 0. The number of hydrogen-bond acceptors (Lipinski definition) is 4. The Labute approximate surface area is 91.8 Å². The van der Waals surface area contributed by atoms with Gasteiger partial charge in [-0.1, -0.05) is 0 Å². The van der Waals surface area contributed by atoms with Crippen molar-refractivity contribution in [2.45, 2.75) is 0 Å². The summed E-state index contributed by atoms with van der Waals surface area (Å²) in [5, 5.41) is 5.91. The van der Waals surface area contributed by atoms with Gasteiger partial charge in [0.2, 0.25) is 0 Å². The highest BCUT2D eigenvalue weighted by molar-refractivity contribution is 7.87. The Hall–Kier alpha value is -0.210. The van der Waals surface area contributed by atoms with Crippen LogP contribution in [0.5, 0.6) is 0 Å². The lowest BCUT2D eigenvalue weighted by atomic mass is 10.5. The van der Waals surface area contributed by atoms with Gasteiger partial charge in [-0.2, -0.15) is 17.0 Å². The third-order valence-corrected chi connectivity index (χ3v) is 4.51. The summed E-state index contributed by atoms with van der Waals surface area (Å²) in [6, 6.07) is 0. The Morgan fingerprint density at radius 1 is 1.00 bits per heavy atom. The molecule has 0 spiro atoms. The largest absolute Gasteiger partial charge is 0.318 e. The highest BCUT2D eigenvalue weighted by Crippen LogP contribution is 2.14. The van der Waals surface area contributed by atoms with E-state index in [0.717, 1.165) is 0 Å². The fourth-order valence-corrected chi connectivity index (χ4v) is 3.14. The molecule has 90 valence electrons. The van der Waals surface area contributed by atoms with E-state index in [1.807, 2.05) is 14.1 Å². The van der Waals surface area contributed by atoms with Crippen LogP contribution in [0.3, 0.4) is 0 Å². The van der Waals surface area contributed by atoms with Gasteiger partial charge in [0, 0.05) is 39.3 Å². The first-order valence-corrected chi connectivity index (χ1v) is 6.57. The summed E-state index contributed by atoms with van der Waals surface area (Å²) in [5.74, 6) is 0. The molecular formula is C8H20N4O2S. The first kappa shape index (κ1) is 12.9. The van der Waals surface area contributed by atoms with E-state index in [1.54, 1.807) is 0 Å². The Bertz CT molecular complexity index is 258. The van der Waals surface area contributed by atoms with E-state index in [-0.39, 0.29) is 0 Å². The van der Waals surface area contributed by atoms with E-state index >= 15 is 0 Å². The third-order valence-electron chi connectivity index (χ3n) is 2.47. The molecule has 0 aromatic carbocycles. The Morgan fingerprint density at radius 2 is 1.40 bits per heavy atom. The molecule has 1 rings (SSSR count). The standard InChI is InChI=1S/C8H20N4O2S/c1-9-3-5-11-7-8-12(6-4-10-2)15(11,13)14/h9-10H,3-8H2,1-2H3. The van der Waals surface area contributed by atoms with Crippen molar-refractivity contribution in [1.29, 1.82) is 0 Å². The van der Waals surface area contributed by atoms with E-state index in [0.29, 0.717) is 39.3 Å². The van der Waals surface area contributed by atoms with Gasteiger partial charge in [0.25, 0.3) is 10.2 Å². The molecule has 0 radical (unpaired) electrons. The van der Waals surface area contributed by atoms with E-state index in [2.05, 4.69) is 10.6 Å². The van der Waals surface area contributed by atoms with Crippen LogP contribution >= 0.6 is 0 Å². The van der Waals surface area contributed by atoms with Crippen molar-refractivity contribution in [1.82, 2.24) is 19.2 Å². The molecule has 6 nitrogen and oxygen atoms in total. The lowest BCUT2D eigenvalue weighted by Crippen LogP contribution is -2.38. The van der Waals surface area contributed by atoms with Crippen molar-refractivity contribution in [3.8, 4) is 0 Å². The maximum Gasteiger partial charge on any atom is 0.282 e. The molecule has 2 N–H and O–H groups in total. The minimum Gasteiger partial charge on any atom is -0.318 e. The molecule has 0 unspecified atom stereocenters. The zero-order valence-electron chi connectivity index (χ0n) is 9.36. The van der Waals surface area contributed by atoms with Crippen LogP contribution in [-0.4, -0.2) is 70.4 Å². The quantitative estimate of drug-likeness (QED) is 0.576. The lowest BCUT2D eigenvalue weighted by Gasteiger charge is -2.18. The Morgan fingerprint density at radius 3 is 1.73 bits per heavy atom. The van der Waals surface area contributed by atoms with Gasteiger partial charge in [-0.25, -0.2) is 0 Å². The fourth-order valence-electron chi connectivity index (χ4n) is 1.54. The van der Waals surface area contributed by atoms with Gasteiger partial charge >= 0.3 is 0 Å². The van der Waals surface area contributed by atoms with Gasteiger partial charge in [0.1, 0.15) is 0 Å². The molecule has 0 aliphatic carbocycles. The highest BCUT2D eigenvalue weighted by Gasteiger charge is 2.35. The molecule has 0 aromatic rings. The van der Waals surface area contributed by atoms with Crippen LogP contribution in [0.25, 0.3) is 0 Å². The molecule has 1 fully saturated rings. The predicted octanol–water partition coefficient (Wildman–Crippen LogP) is -1.71. The number of rotatable bonds is 6. The van der Waals surface area contributed by atoms with E-state index in [9.17, 15) is 8.42 Å². The third kappa shape index (κ3) is 3.12. The fraction of sp³-hybridized carbons (Fsp3) is 1.00. The molecule has 0 bridgehead atoms. The molecular weight excluding hydrogens is 216 g/mol. The van der Waals surface area contributed by atoms with Crippen molar-refractivity contribution in [2.24, 2.45) is 0 Å². The van der Waals surface area contributed by atoms with Crippen molar-refractivity contribution >= 4 is 10.2 Å². The average molecular weight is 236 g/mol. The molecule has 0 saturated carbocycles. The summed E-state index contributed by atoms with van der Waals surface area (Å²) in [6.07, 6.45) is 0. The molecule has 15 heavy (non-hydrogen) atoms. The first-order chi connectivity index (χ1) is 7.12. The van der Waals surface area contributed by atoms with Crippen LogP contribution < -0.4 is 10.6 Å². The van der Waals surface area contributed by atoms with Crippen LogP contribution in [0.4, 0.5) is 0 Å². The minimum atomic E-state index is -3.19. The topological polar surface area (TPSA) is 64.7 Å². The molecule has 7 heteroatoms. The minimum absolute atomic E-state index is 0.550. The van der Waals surface area contributed by atoms with Crippen LogP contribution in [0.15, 0.2) is 0 Å². The van der Waals surface area contributed by atoms with E-state index in [4.69, 9.17) is 0 Å². The van der Waals surface area contributed by atoms with Crippen LogP contribution in [0.1, 0.15) is 0 Å². The molecule has 0 amide bonds. The predicted molar refractivity (Wildman–Crippen MR) is 59.9 cm³/mol. The van der Waals surface area contributed by atoms with Gasteiger partial charge in [0.05, 0.1) is 0 Å². The SMILES string of the molecule is CNCCN1CCN(CCNC)S1(=O)=O. The Kier molecular flexibility index (Phi) is 4.94. The van der Waals surface area contributed by atoms with Gasteiger partial charge in [-0.05, 0) is 14.1 Å². The molecule has 0 aromatic heterocycles. The summed E-state index contributed by atoms with van der Waals surface area (Å²) in [4.78, 5) is 0. The number of nitrogens with zero attached hydrogens (tertiary/aromatic N) is 2. The highest BCUT2D eigenvalue weighted by atomic mass is 32.2. The van der Waals surface area contributed by atoms with E-state index in [1.165, 1.54) is 8.61 Å². The van der Waals surface area contributed by atoms with Gasteiger partial charge in [0.15, 0.2) is 0 Å². The summed E-state index contributed by atoms with van der Waals surface area (Å²) in [7, 11) is 0.456. The summed E-state index contributed by atoms with van der Waals surface area (Å²) >= 11 is 0. The average Bonchev–Trinajstić information content (AvgIpc) is 2.48. The molecule has 1 aliphatic rings. The Balaban J connectivity index is 2.51. The maximum atomic E-state index is 11.9. The maximum absolute atomic E-state index is 11.9. The number of nitrogens with one attached hydrogen (secondary N) is 2. The van der Waals surface area contributed by atoms with Gasteiger partial charge < -0.3 is 10.6 Å². The number of likely N-dealkylation sites (N-methyl/N-ethyl adjacent to an activating group) is 2. The number of hydrogen-bond donors (Lipinski definition) is 2. The second-order valence-electron chi connectivity index (χ2n) is 3.51.